The molecule has 1 fully saturated rings. The summed E-state index contributed by atoms with van der Waals surface area (Å²) in [6.45, 7) is 2.54. The van der Waals surface area contributed by atoms with Crippen LogP contribution in [0.15, 0.2) is 41.4 Å². The maximum atomic E-state index is 12.7. The van der Waals surface area contributed by atoms with Gasteiger partial charge < -0.3 is 0 Å². The van der Waals surface area contributed by atoms with Gasteiger partial charge in [-0.3, -0.25) is 9.69 Å². The normalized spacial score (nSPS) is 23.2. The maximum Gasteiger partial charge on any atom is 0.243 e. The quantitative estimate of drug-likeness (QED) is 0.860. The zero-order valence-electron chi connectivity index (χ0n) is 12.6. The molecule has 118 valence electrons. The Labute approximate surface area is 131 Å². The van der Waals surface area contributed by atoms with Crippen molar-refractivity contribution in [3.8, 4) is 0 Å². The molecular formula is C16H20N2O3S. The lowest BCUT2D eigenvalue weighted by Crippen LogP contribution is -2.41. The first-order valence-corrected chi connectivity index (χ1v) is 9.05. The highest BCUT2D eigenvalue weighted by molar-refractivity contribution is 7.89. The van der Waals surface area contributed by atoms with Crippen molar-refractivity contribution in [2.24, 2.45) is 0 Å². The number of anilines is 1. The molecule has 2 aliphatic rings. The molecule has 1 unspecified atom stereocenters. The fourth-order valence-corrected chi connectivity index (χ4v) is 4.71. The average Bonchev–Trinajstić information content (AvgIpc) is 2.94. The number of benzene rings is 1. The number of nitrogens with zero attached hydrogens (tertiary/aromatic N) is 2. The zero-order chi connectivity index (χ0) is 15.7. The number of hydrogen-bond donors (Lipinski definition) is 0. The van der Waals surface area contributed by atoms with E-state index in [-0.39, 0.29) is 11.9 Å². The highest BCUT2D eigenvalue weighted by atomic mass is 32.2. The fourth-order valence-electron chi connectivity index (χ4n) is 3.01. The minimum Gasteiger partial charge on any atom is -0.288 e. The third-order valence-electron chi connectivity index (χ3n) is 4.28. The number of carbonyl (C=O) groups excluding carboxylic acids is 1. The Balaban J connectivity index is 1.85. The summed E-state index contributed by atoms with van der Waals surface area (Å²) in [7, 11) is -3.45. The van der Waals surface area contributed by atoms with Crippen molar-refractivity contribution in [3.05, 3.63) is 36.5 Å². The predicted molar refractivity (Wildman–Crippen MR) is 84.9 cm³/mol. The molecule has 0 radical (unpaired) electrons. The van der Waals surface area contributed by atoms with Crippen molar-refractivity contribution >= 4 is 21.6 Å². The lowest BCUT2D eigenvalue weighted by Gasteiger charge is -2.32. The first kappa shape index (κ1) is 15.2. The van der Waals surface area contributed by atoms with Crippen molar-refractivity contribution in [1.29, 1.82) is 0 Å². The second-order valence-corrected chi connectivity index (χ2v) is 7.70. The van der Waals surface area contributed by atoms with Crippen molar-refractivity contribution in [3.63, 3.8) is 0 Å². The van der Waals surface area contributed by atoms with Gasteiger partial charge in [0.25, 0.3) is 0 Å². The molecule has 1 aromatic carbocycles. The van der Waals surface area contributed by atoms with Crippen LogP contribution < -0.4 is 4.90 Å². The standard InChI is InChI=1S/C16H20N2O3S/c1-13-5-2-3-12-18(13)22(20,21)15-9-7-14(8-10-15)17-11-4-6-16(17)19/h4,7-11,13H,2-3,5-6,12H2,1H3. The Bertz CT molecular complexity index is 695. The Kier molecular flexibility index (Phi) is 4.06. The molecule has 1 amide bonds. The average molecular weight is 320 g/mol. The SMILES string of the molecule is CC1CCCCN1S(=O)(=O)c1ccc(N2C=CCC2=O)cc1. The summed E-state index contributed by atoms with van der Waals surface area (Å²) in [6.07, 6.45) is 6.81. The third-order valence-corrected chi connectivity index (χ3v) is 6.31. The van der Waals surface area contributed by atoms with E-state index in [9.17, 15) is 13.2 Å². The van der Waals surface area contributed by atoms with Crippen LogP contribution in [0.4, 0.5) is 5.69 Å². The van der Waals surface area contributed by atoms with Gasteiger partial charge in [0.05, 0.1) is 4.90 Å². The minimum atomic E-state index is -3.45. The number of hydrogen-bond acceptors (Lipinski definition) is 3. The molecule has 0 N–H and O–H groups in total. The summed E-state index contributed by atoms with van der Waals surface area (Å²) in [5, 5.41) is 0. The number of amides is 1. The van der Waals surface area contributed by atoms with Gasteiger partial charge in [-0.05, 0) is 44.0 Å². The van der Waals surface area contributed by atoms with E-state index in [1.807, 2.05) is 6.92 Å². The zero-order valence-corrected chi connectivity index (χ0v) is 13.4. The highest BCUT2D eigenvalue weighted by Gasteiger charge is 2.31. The van der Waals surface area contributed by atoms with E-state index in [1.54, 1.807) is 45.7 Å². The molecule has 1 saturated heterocycles. The molecule has 0 spiro atoms. The maximum absolute atomic E-state index is 12.7. The Morgan fingerprint density at radius 3 is 2.45 bits per heavy atom. The summed E-state index contributed by atoms with van der Waals surface area (Å²) in [6, 6.07) is 6.60. The smallest absolute Gasteiger partial charge is 0.243 e. The van der Waals surface area contributed by atoms with E-state index in [2.05, 4.69) is 0 Å². The van der Waals surface area contributed by atoms with Gasteiger partial charge in [0.15, 0.2) is 0 Å². The van der Waals surface area contributed by atoms with Gasteiger partial charge >= 0.3 is 0 Å². The van der Waals surface area contributed by atoms with Crippen molar-refractivity contribution in [2.75, 3.05) is 11.4 Å². The number of sulfonamides is 1. The van der Waals surface area contributed by atoms with E-state index in [0.717, 1.165) is 19.3 Å². The third kappa shape index (κ3) is 2.68. The number of piperidine rings is 1. The summed E-state index contributed by atoms with van der Waals surface area (Å²) < 4.78 is 27.0. The van der Waals surface area contributed by atoms with E-state index < -0.39 is 10.0 Å². The first-order chi connectivity index (χ1) is 10.5. The van der Waals surface area contributed by atoms with Crippen LogP contribution in [0.5, 0.6) is 0 Å². The summed E-state index contributed by atoms with van der Waals surface area (Å²) in [5.41, 5.74) is 0.699. The molecule has 0 aliphatic carbocycles. The summed E-state index contributed by atoms with van der Waals surface area (Å²) in [5.74, 6) is 0.000241. The van der Waals surface area contributed by atoms with Crippen LogP contribution in [-0.4, -0.2) is 31.2 Å². The molecule has 6 heteroatoms. The summed E-state index contributed by atoms with van der Waals surface area (Å²) in [4.78, 5) is 13.5. The van der Waals surface area contributed by atoms with Gasteiger partial charge in [0.2, 0.25) is 15.9 Å². The molecule has 1 aromatic rings. The van der Waals surface area contributed by atoms with Crippen molar-refractivity contribution in [1.82, 2.24) is 4.31 Å². The van der Waals surface area contributed by atoms with Gasteiger partial charge in [-0.1, -0.05) is 12.5 Å². The van der Waals surface area contributed by atoms with E-state index in [4.69, 9.17) is 0 Å². The van der Waals surface area contributed by atoms with Crippen LogP contribution in [0, 0.1) is 0 Å². The lowest BCUT2D eigenvalue weighted by molar-refractivity contribution is -0.116. The number of carbonyl (C=O) groups is 1. The topological polar surface area (TPSA) is 57.7 Å². The second kappa shape index (κ2) is 5.85. The monoisotopic (exact) mass is 320 g/mol. The van der Waals surface area contributed by atoms with Gasteiger partial charge in [-0.15, -0.1) is 0 Å². The van der Waals surface area contributed by atoms with Crippen LogP contribution in [-0.2, 0) is 14.8 Å². The molecule has 5 nitrogen and oxygen atoms in total. The lowest BCUT2D eigenvalue weighted by atomic mass is 10.1. The minimum absolute atomic E-state index is 0.000241. The van der Waals surface area contributed by atoms with Crippen molar-refractivity contribution < 1.29 is 13.2 Å². The van der Waals surface area contributed by atoms with E-state index in [1.165, 1.54) is 0 Å². The van der Waals surface area contributed by atoms with Crippen LogP contribution >= 0.6 is 0 Å². The van der Waals surface area contributed by atoms with Gasteiger partial charge in [-0.2, -0.15) is 4.31 Å². The largest absolute Gasteiger partial charge is 0.288 e. The molecule has 2 heterocycles. The van der Waals surface area contributed by atoms with Crippen LogP contribution in [0.3, 0.4) is 0 Å². The van der Waals surface area contributed by atoms with Crippen LogP contribution in [0.1, 0.15) is 32.6 Å². The van der Waals surface area contributed by atoms with Crippen LogP contribution in [0.2, 0.25) is 0 Å². The molecular weight excluding hydrogens is 300 g/mol. The Morgan fingerprint density at radius 1 is 1.14 bits per heavy atom. The summed E-state index contributed by atoms with van der Waals surface area (Å²) >= 11 is 0. The van der Waals surface area contributed by atoms with Gasteiger partial charge in [0, 0.05) is 30.9 Å². The Hall–Kier alpha value is -1.66. The molecule has 3 rings (SSSR count). The molecule has 0 aromatic heterocycles. The van der Waals surface area contributed by atoms with Gasteiger partial charge in [0.1, 0.15) is 0 Å². The molecule has 0 bridgehead atoms. The molecule has 0 saturated carbocycles. The van der Waals surface area contributed by atoms with E-state index >= 15 is 0 Å². The predicted octanol–water partition coefficient (Wildman–Crippen LogP) is 2.50. The number of rotatable bonds is 3. The Morgan fingerprint density at radius 2 is 1.86 bits per heavy atom. The molecule has 1 atom stereocenters. The highest BCUT2D eigenvalue weighted by Crippen LogP contribution is 2.27. The van der Waals surface area contributed by atoms with E-state index in [0.29, 0.717) is 23.5 Å². The molecule has 22 heavy (non-hydrogen) atoms. The first-order valence-electron chi connectivity index (χ1n) is 7.61. The molecule has 2 aliphatic heterocycles. The van der Waals surface area contributed by atoms with Crippen LogP contribution in [0.25, 0.3) is 0 Å². The van der Waals surface area contributed by atoms with Gasteiger partial charge in [-0.25, -0.2) is 8.42 Å². The van der Waals surface area contributed by atoms with Crippen molar-refractivity contribution in [2.45, 2.75) is 43.5 Å². The fraction of sp³-hybridized carbons (Fsp3) is 0.438. The second-order valence-electron chi connectivity index (χ2n) is 5.81.